The van der Waals surface area contributed by atoms with Gasteiger partial charge in [0.2, 0.25) is 0 Å². The lowest BCUT2D eigenvalue weighted by Crippen LogP contribution is -2.41. The maximum absolute atomic E-state index is 13.1. The van der Waals surface area contributed by atoms with E-state index < -0.39 is 0 Å². The standard InChI is InChI=1S/C14H20FNS/c1-14(2)8-7-12(13(14)16-3)17-11-6-4-5-10(15)9-11/h4-6,9,12-13,16H,7-8H2,1-3H3. The van der Waals surface area contributed by atoms with Crippen LogP contribution < -0.4 is 5.32 Å². The van der Waals surface area contributed by atoms with E-state index in [1.807, 2.05) is 13.1 Å². The van der Waals surface area contributed by atoms with Gasteiger partial charge in [-0.05, 0) is 43.5 Å². The molecule has 94 valence electrons. The average Bonchev–Trinajstić information content (AvgIpc) is 2.53. The molecule has 1 nitrogen and oxygen atoms in total. The Morgan fingerprint density at radius 3 is 2.82 bits per heavy atom. The lowest BCUT2D eigenvalue weighted by Gasteiger charge is -2.30. The number of thioether (sulfide) groups is 1. The fourth-order valence-electron chi connectivity index (χ4n) is 2.76. The van der Waals surface area contributed by atoms with Crippen LogP contribution in [-0.4, -0.2) is 18.3 Å². The van der Waals surface area contributed by atoms with Crippen molar-refractivity contribution < 1.29 is 4.39 Å². The fourth-order valence-corrected chi connectivity index (χ4v) is 4.32. The third-order valence-electron chi connectivity index (χ3n) is 3.68. The smallest absolute Gasteiger partial charge is 0.124 e. The molecule has 17 heavy (non-hydrogen) atoms. The molecule has 1 saturated carbocycles. The Hall–Kier alpha value is -0.540. The van der Waals surface area contributed by atoms with Gasteiger partial charge in [-0.3, -0.25) is 0 Å². The largest absolute Gasteiger partial charge is 0.315 e. The number of halogens is 1. The van der Waals surface area contributed by atoms with E-state index in [2.05, 4.69) is 19.2 Å². The Morgan fingerprint density at radius 2 is 2.18 bits per heavy atom. The Bertz CT molecular complexity index is 392. The zero-order valence-corrected chi connectivity index (χ0v) is 11.5. The van der Waals surface area contributed by atoms with Crippen molar-refractivity contribution in [2.24, 2.45) is 5.41 Å². The van der Waals surface area contributed by atoms with Crippen LogP contribution in [0, 0.1) is 11.2 Å². The van der Waals surface area contributed by atoms with Gasteiger partial charge in [-0.2, -0.15) is 0 Å². The number of benzene rings is 1. The van der Waals surface area contributed by atoms with Crippen molar-refractivity contribution in [3.63, 3.8) is 0 Å². The summed E-state index contributed by atoms with van der Waals surface area (Å²) in [6, 6.07) is 7.40. The molecule has 0 spiro atoms. The average molecular weight is 253 g/mol. The number of nitrogens with one attached hydrogen (secondary N) is 1. The van der Waals surface area contributed by atoms with Crippen molar-refractivity contribution in [2.75, 3.05) is 7.05 Å². The van der Waals surface area contributed by atoms with Crippen molar-refractivity contribution in [3.8, 4) is 0 Å². The van der Waals surface area contributed by atoms with Gasteiger partial charge in [0.25, 0.3) is 0 Å². The molecule has 1 N–H and O–H groups in total. The second-order valence-electron chi connectivity index (χ2n) is 5.41. The zero-order chi connectivity index (χ0) is 12.5. The lowest BCUT2D eigenvalue weighted by atomic mass is 9.87. The summed E-state index contributed by atoms with van der Waals surface area (Å²) in [5.41, 5.74) is 0.333. The van der Waals surface area contributed by atoms with Gasteiger partial charge in [0.1, 0.15) is 5.82 Å². The number of hydrogen-bond acceptors (Lipinski definition) is 2. The first-order valence-corrected chi connectivity index (χ1v) is 7.00. The lowest BCUT2D eigenvalue weighted by molar-refractivity contribution is 0.300. The third-order valence-corrected chi connectivity index (χ3v) is 5.02. The summed E-state index contributed by atoms with van der Waals surface area (Å²) in [7, 11) is 2.02. The molecule has 2 atom stereocenters. The minimum Gasteiger partial charge on any atom is -0.315 e. The highest BCUT2D eigenvalue weighted by Gasteiger charge is 2.41. The molecule has 0 aromatic heterocycles. The summed E-state index contributed by atoms with van der Waals surface area (Å²) in [5.74, 6) is -0.145. The fraction of sp³-hybridized carbons (Fsp3) is 0.571. The van der Waals surface area contributed by atoms with Gasteiger partial charge < -0.3 is 5.32 Å². The summed E-state index contributed by atoms with van der Waals surface area (Å²) >= 11 is 1.80. The molecule has 3 heteroatoms. The van der Waals surface area contributed by atoms with Crippen LogP contribution in [0.25, 0.3) is 0 Å². The van der Waals surface area contributed by atoms with E-state index in [0.29, 0.717) is 16.7 Å². The normalized spacial score (nSPS) is 27.3. The second-order valence-corrected chi connectivity index (χ2v) is 6.72. The van der Waals surface area contributed by atoms with Gasteiger partial charge in [0, 0.05) is 16.2 Å². The van der Waals surface area contributed by atoms with Crippen LogP contribution >= 0.6 is 11.8 Å². The van der Waals surface area contributed by atoms with E-state index in [0.717, 1.165) is 4.90 Å². The highest BCUT2D eigenvalue weighted by molar-refractivity contribution is 8.00. The van der Waals surface area contributed by atoms with E-state index in [-0.39, 0.29) is 5.82 Å². The Labute approximate surface area is 107 Å². The summed E-state index contributed by atoms with van der Waals surface area (Å²) in [5, 5.41) is 3.96. The molecule has 1 aliphatic rings. The minimum absolute atomic E-state index is 0.145. The highest BCUT2D eigenvalue weighted by atomic mass is 32.2. The molecule has 0 heterocycles. The van der Waals surface area contributed by atoms with Crippen LogP contribution in [0.4, 0.5) is 4.39 Å². The first-order chi connectivity index (χ1) is 8.03. The van der Waals surface area contributed by atoms with Gasteiger partial charge in [0.15, 0.2) is 0 Å². The first-order valence-electron chi connectivity index (χ1n) is 6.12. The van der Waals surface area contributed by atoms with E-state index in [9.17, 15) is 4.39 Å². The van der Waals surface area contributed by atoms with Gasteiger partial charge in [-0.25, -0.2) is 4.39 Å². The SMILES string of the molecule is CNC1C(Sc2cccc(F)c2)CCC1(C)C. The van der Waals surface area contributed by atoms with Gasteiger partial charge in [-0.15, -0.1) is 11.8 Å². The predicted molar refractivity (Wildman–Crippen MR) is 71.9 cm³/mol. The van der Waals surface area contributed by atoms with Crippen molar-refractivity contribution in [2.45, 2.75) is 42.9 Å². The molecule has 1 aromatic rings. The molecular weight excluding hydrogens is 233 g/mol. The van der Waals surface area contributed by atoms with Crippen molar-refractivity contribution in [1.29, 1.82) is 0 Å². The topological polar surface area (TPSA) is 12.0 Å². The van der Waals surface area contributed by atoms with Crippen molar-refractivity contribution in [1.82, 2.24) is 5.32 Å². The molecular formula is C14H20FNS. The maximum atomic E-state index is 13.1. The predicted octanol–water partition coefficient (Wildman–Crippen LogP) is 3.69. The zero-order valence-electron chi connectivity index (χ0n) is 10.7. The molecule has 1 fully saturated rings. The van der Waals surface area contributed by atoms with Crippen LogP contribution in [0.3, 0.4) is 0 Å². The number of rotatable bonds is 3. The second kappa shape index (κ2) is 4.99. The molecule has 0 radical (unpaired) electrons. The van der Waals surface area contributed by atoms with Gasteiger partial charge >= 0.3 is 0 Å². The van der Waals surface area contributed by atoms with E-state index in [1.165, 1.54) is 18.9 Å². The molecule has 0 bridgehead atoms. The summed E-state index contributed by atoms with van der Waals surface area (Å²) in [4.78, 5) is 1.04. The number of hydrogen-bond donors (Lipinski definition) is 1. The van der Waals surface area contributed by atoms with E-state index in [4.69, 9.17) is 0 Å². The van der Waals surface area contributed by atoms with E-state index in [1.54, 1.807) is 23.9 Å². The molecule has 0 amide bonds. The van der Waals surface area contributed by atoms with Crippen LogP contribution in [0.1, 0.15) is 26.7 Å². The van der Waals surface area contributed by atoms with E-state index >= 15 is 0 Å². The minimum atomic E-state index is -0.145. The maximum Gasteiger partial charge on any atom is 0.124 e. The summed E-state index contributed by atoms with van der Waals surface area (Å²) in [6.45, 7) is 4.61. The molecule has 0 saturated heterocycles. The molecule has 0 aliphatic heterocycles. The quantitative estimate of drug-likeness (QED) is 0.881. The first kappa shape index (κ1) is 12.9. The molecule has 1 aromatic carbocycles. The molecule has 2 unspecified atom stereocenters. The highest BCUT2D eigenvalue weighted by Crippen LogP contribution is 2.44. The Balaban J connectivity index is 2.09. The molecule has 1 aliphatic carbocycles. The monoisotopic (exact) mass is 253 g/mol. The Kier molecular flexibility index (Phi) is 3.79. The van der Waals surface area contributed by atoms with Crippen molar-refractivity contribution >= 4 is 11.8 Å². The summed E-state index contributed by atoms with van der Waals surface area (Å²) < 4.78 is 13.1. The van der Waals surface area contributed by atoms with Gasteiger partial charge in [-0.1, -0.05) is 19.9 Å². The van der Waals surface area contributed by atoms with Crippen LogP contribution in [0.5, 0.6) is 0 Å². The van der Waals surface area contributed by atoms with Crippen LogP contribution in [0.15, 0.2) is 29.2 Å². The molecule has 2 rings (SSSR count). The summed E-state index contributed by atoms with van der Waals surface area (Å²) in [6.07, 6.45) is 2.42. The third kappa shape index (κ3) is 2.83. The van der Waals surface area contributed by atoms with Crippen LogP contribution in [-0.2, 0) is 0 Å². The van der Waals surface area contributed by atoms with Crippen molar-refractivity contribution in [3.05, 3.63) is 30.1 Å². The Morgan fingerprint density at radius 1 is 1.41 bits per heavy atom. The van der Waals surface area contributed by atoms with Gasteiger partial charge in [0.05, 0.1) is 0 Å². The van der Waals surface area contributed by atoms with Crippen LogP contribution in [0.2, 0.25) is 0 Å².